The number of benzene rings is 1. The maximum Gasteiger partial charge on any atom is 0.240 e. The molecule has 1 heterocycles. The number of rotatable bonds is 4. The lowest BCUT2D eigenvalue weighted by Crippen LogP contribution is -2.22. The summed E-state index contributed by atoms with van der Waals surface area (Å²) >= 11 is 1.51. The third-order valence-corrected chi connectivity index (χ3v) is 4.46. The molecule has 0 saturated heterocycles. The predicted octanol–water partition coefficient (Wildman–Crippen LogP) is 1.81. The highest BCUT2D eigenvalue weighted by Gasteiger charge is 2.13. The Morgan fingerprint density at radius 3 is 2.71 bits per heavy atom. The number of nitrogens with one attached hydrogen (secondary N) is 1. The number of hydrogen-bond acceptors (Lipinski definition) is 4. The van der Waals surface area contributed by atoms with Gasteiger partial charge in [-0.1, -0.05) is 12.1 Å². The largest absolute Gasteiger partial charge is 0.399 e. The van der Waals surface area contributed by atoms with Crippen molar-refractivity contribution in [3.05, 3.63) is 46.7 Å². The Labute approximate surface area is 104 Å². The molecule has 2 aromatic rings. The summed E-state index contributed by atoms with van der Waals surface area (Å²) in [5.74, 6) is 0. The minimum absolute atomic E-state index is 0.189. The SMILES string of the molecule is Nc1cccc(S(=O)(=O)NCc2cccs2)c1. The van der Waals surface area contributed by atoms with E-state index >= 15 is 0 Å². The number of sulfonamides is 1. The van der Waals surface area contributed by atoms with Gasteiger partial charge in [-0.15, -0.1) is 11.3 Å². The molecule has 0 saturated carbocycles. The van der Waals surface area contributed by atoms with Gasteiger partial charge < -0.3 is 5.73 Å². The van der Waals surface area contributed by atoms with E-state index in [9.17, 15) is 8.42 Å². The average molecular weight is 268 g/mol. The van der Waals surface area contributed by atoms with Crippen LogP contribution in [0.5, 0.6) is 0 Å². The van der Waals surface area contributed by atoms with Gasteiger partial charge in [0.1, 0.15) is 0 Å². The maximum atomic E-state index is 11.9. The number of thiophene rings is 1. The minimum atomic E-state index is -3.48. The van der Waals surface area contributed by atoms with Crippen molar-refractivity contribution in [2.75, 3.05) is 5.73 Å². The fourth-order valence-electron chi connectivity index (χ4n) is 1.34. The summed E-state index contributed by atoms with van der Waals surface area (Å²) in [6, 6.07) is 10.00. The lowest BCUT2D eigenvalue weighted by Gasteiger charge is -2.06. The lowest BCUT2D eigenvalue weighted by molar-refractivity contribution is 0.582. The summed E-state index contributed by atoms with van der Waals surface area (Å²) in [5, 5.41) is 1.91. The topological polar surface area (TPSA) is 72.2 Å². The van der Waals surface area contributed by atoms with Crippen molar-refractivity contribution in [1.29, 1.82) is 0 Å². The Bertz CT molecular complexity index is 592. The summed E-state index contributed by atoms with van der Waals surface area (Å²) < 4.78 is 26.4. The van der Waals surface area contributed by atoms with E-state index in [1.165, 1.54) is 23.5 Å². The zero-order chi connectivity index (χ0) is 12.3. The molecule has 1 aromatic carbocycles. The molecule has 17 heavy (non-hydrogen) atoms. The average Bonchev–Trinajstić information content (AvgIpc) is 2.79. The molecule has 0 atom stereocenters. The first kappa shape index (κ1) is 12.1. The molecule has 3 N–H and O–H groups in total. The molecule has 0 bridgehead atoms. The van der Waals surface area contributed by atoms with E-state index in [-0.39, 0.29) is 4.90 Å². The first-order chi connectivity index (χ1) is 8.08. The smallest absolute Gasteiger partial charge is 0.240 e. The zero-order valence-electron chi connectivity index (χ0n) is 8.96. The second kappa shape index (κ2) is 4.87. The predicted molar refractivity (Wildman–Crippen MR) is 69.2 cm³/mol. The molecule has 0 radical (unpaired) electrons. The summed E-state index contributed by atoms with van der Waals surface area (Å²) in [7, 11) is -3.48. The maximum absolute atomic E-state index is 11.9. The van der Waals surface area contributed by atoms with Crippen molar-refractivity contribution in [3.63, 3.8) is 0 Å². The molecular weight excluding hydrogens is 256 g/mol. The highest BCUT2D eigenvalue weighted by molar-refractivity contribution is 7.89. The van der Waals surface area contributed by atoms with Crippen LogP contribution in [-0.4, -0.2) is 8.42 Å². The van der Waals surface area contributed by atoms with Crippen LogP contribution in [0.2, 0.25) is 0 Å². The van der Waals surface area contributed by atoms with Gasteiger partial charge in [0.15, 0.2) is 0 Å². The van der Waals surface area contributed by atoms with Gasteiger partial charge in [0.2, 0.25) is 10.0 Å². The van der Waals surface area contributed by atoms with Gasteiger partial charge in [-0.3, -0.25) is 0 Å². The summed E-state index contributed by atoms with van der Waals surface area (Å²) in [4.78, 5) is 1.16. The van der Waals surface area contributed by atoms with E-state index in [2.05, 4.69) is 4.72 Å². The molecule has 0 fully saturated rings. The third-order valence-electron chi connectivity index (χ3n) is 2.18. The van der Waals surface area contributed by atoms with E-state index in [0.717, 1.165) is 4.88 Å². The van der Waals surface area contributed by atoms with E-state index in [4.69, 9.17) is 5.73 Å². The minimum Gasteiger partial charge on any atom is -0.399 e. The quantitative estimate of drug-likeness (QED) is 0.831. The molecule has 0 aliphatic rings. The monoisotopic (exact) mass is 268 g/mol. The Morgan fingerprint density at radius 2 is 2.06 bits per heavy atom. The van der Waals surface area contributed by atoms with Crippen LogP contribution in [0.4, 0.5) is 5.69 Å². The lowest BCUT2D eigenvalue weighted by atomic mass is 10.3. The van der Waals surface area contributed by atoms with Gasteiger partial charge in [0, 0.05) is 17.1 Å². The third kappa shape index (κ3) is 3.06. The van der Waals surface area contributed by atoms with Gasteiger partial charge >= 0.3 is 0 Å². The summed E-state index contributed by atoms with van der Waals surface area (Å²) in [6.07, 6.45) is 0. The summed E-state index contributed by atoms with van der Waals surface area (Å²) in [6.45, 7) is 0.300. The summed E-state index contributed by atoms with van der Waals surface area (Å²) in [5.41, 5.74) is 5.99. The van der Waals surface area contributed by atoms with Crippen molar-refractivity contribution in [2.24, 2.45) is 0 Å². The molecule has 1 aromatic heterocycles. The van der Waals surface area contributed by atoms with Crippen LogP contribution >= 0.6 is 11.3 Å². The molecule has 0 unspecified atom stereocenters. The first-order valence-electron chi connectivity index (χ1n) is 4.95. The molecule has 0 spiro atoms. The fraction of sp³-hybridized carbons (Fsp3) is 0.0909. The number of nitrogen functional groups attached to an aromatic ring is 1. The highest BCUT2D eigenvalue weighted by atomic mass is 32.2. The van der Waals surface area contributed by atoms with Gasteiger partial charge in [0.05, 0.1) is 4.90 Å². The number of anilines is 1. The highest BCUT2D eigenvalue weighted by Crippen LogP contribution is 2.14. The fourth-order valence-corrected chi connectivity index (χ4v) is 3.14. The van der Waals surface area contributed by atoms with Crippen molar-refractivity contribution >= 4 is 27.0 Å². The molecule has 2 rings (SSSR count). The Kier molecular flexibility index (Phi) is 3.46. The second-order valence-corrected chi connectivity index (χ2v) is 6.28. The Balaban J connectivity index is 2.14. The van der Waals surface area contributed by atoms with Crippen molar-refractivity contribution < 1.29 is 8.42 Å². The molecule has 0 aliphatic heterocycles. The van der Waals surface area contributed by atoms with Crippen molar-refractivity contribution in [3.8, 4) is 0 Å². The van der Waals surface area contributed by atoms with Crippen LogP contribution < -0.4 is 10.5 Å². The zero-order valence-corrected chi connectivity index (χ0v) is 10.6. The number of nitrogens with two attached hydrogens (primary N) is 1. The van der Waals surface area contributed by atoms with Crippen molar-refractivity contribution in [2.45, 2.75) is 11.4 Å². The van der Waals surface area contributed by atoms with Gasteiger partial charge in [-0.05, 0) is 29.6 Å². The van der Waals surface area contributed by atoms with Crippen LogP contribution in [0.15, 0.2) is 46.7 Å². The standard InChI is InChI=1S/C11H12N2O2S2/c12-9-3-1-5-11(7-9)17(14,15)13-8-10-4-2-6-16-10/h1-7,13H,8,12H2. The van der Waals surface area contributed by atoms with E-state index < -0.39 is 10.0 Å². The van der Waals surface area contributed by atoms with Gasteiger partial charge in [0.25, 0.3) is 0 Å². The molecule has 6 heteroatoms. The first-order valence-corrected chi connectivity index (χ1v) is 7.32. The van der Waals surface area contributed by atoms with E-state index in [1.54, 1.807) is 12.1 Å². The van der Waals surface area contributed by atoms with E-state index in [0.29, 0.717) is 12.2 Å². The Morgan fingerprint density at radius 1 is 1.24 bits per heavy atom. The van der Waals surface area contributed by atoms with E-state index in [1.807, 2.05) is 17.5 Å². The second-order valence-electron chi connectivity index (χ2n) is 3.48. The van der Waals surface area contributed by atoms with Gasteiger partial charge in [-0.25, -0.2) is 13.1 Å². The molecule has 0 aliphatic carbocycles. The molecule has 90 valence electrons. The van der Waals surface area contributed by atoms with Crippen LogP contribution in [0, 0.1) is 0 Å². The van der Waals surface area contributed by atoms with Gasteiger partial charge in [-0.2, -0.15) is 0 Å². The molecular formula is C11H12N2O2S2. The van der Waals surface area contributed by atoms with Crippen LogP contribution in [0.1, 0.15) is 4.88 Å². The van der Waals surface area contributed by atoms with Crippen LogP contribution in [0.3, 0.4) is 0 Å². The van der Waals surface area contributed by atoms with Crippen LogP contribution in [0.25, 0.3) is 0 Å². The molecule has 4 nitrogen and oxygen atoms in total. The normalized spacial score (nSPS) is 11.5. The van der Waals surface area contributed by atoms with Crippen molar-refractivity contribution in [1.82, 2.24) is 4.72 Å². The Hall–Kier alpha value is -1.37. The molecule has 0 amide bonds. The van der Waals surface area contributed by atoms with Crippen LogP contribution in [-0.2, 0) is 16.6 Å². The number of hydrogen-bond donors (Lipinski definition) is 2.